The number of hydrogen-bond acceptors (Lipinski definition) is 3. The smallest absolute Gasteiger partial charge is 0.100 e. The summed E-state index contributed by atoms with van der Waals surface area (Å²) in [6, 6.07) is 0. The van der Waals surface area contributed by atoms with Crippen molar-refractivity contribution in [2.45, 2.75) is 39.2 Å². The Morgan fingerprint density at radius 1 is 1.25 bits per heavy atom. The van der Waals surface area contributed by atoms with E-state index in [0.29, 0.717) is 17.5 Å². The minimum Gasteiger partial charge on any atom is -0.386 e. The van der Waals surface area contributed by atoms with Gasteiger partial charge in [-0.25, -0.2) is 0 Å². The van der Waals surface area contributed by atoms with Gasteiger partial charge in [0.1, 0.15) is 6.10 Å². The highest BCUT2D eigenvalue weighted by Gasteiger charge is 2.30. The maximum Gasteiger partial charge on any atom is 0.100 e. The molecule has 0 aromatic carbocycles. The fourth-order valence-corrected chi connectivity index (χ4v) is 2.58. The molecule has 0 amide bonds. The van der Waals surface area contributed by atoms with Gasteiger partial charge in [-0.15, -0.1) is 0 Å². The lowest BCUT2D eigenvalue weighted by atomic mass is 9.73. The minimum atomic E-state index is -0.441. The molecule has 0 saturated heterocycles. The molecule has 4 unspecified atom stereocenters. The van der Waals surface area contributed by atoms with E-state index in [-0.39, 0.29) is 0 Å². The van der Waals surface area contributed by atoms with Crippen LogP contribution in [0.25, 0.3) is 0 Å². The standard InChI is InChI=1S/C13H20N2O/c1-9-3-4-11(7-10(9)2)13(16)12-8-14-5-6-15-12/h5-6,8-11,13,16H,3-4,7H2,1-2H3. The first-order valence-electron chi connectivity index (χ1n) is 6.12. The molecule has 1 aromatic rings. The second-order valence-electron chi connectivity index (χ2n) is 5.10. The zero-order valence-corrected chi connectivity index (χ0v) is 10.0. The van der Waals surface area contributed by atoms with E-state index in [1.807, 2.05) is 0 Å². The summed E-state index contributed by atoms with van der Waals surface area (Å²) >= 11 is 0. The summed E-state index contributed by atoms with van der Waals surface area (Å²) in [6.45, 7) is 4.58. The summed E-state index contributed by atoms with van der Waals surface area (Å²) in [5.41, 5.74) is 0.717. The maximum atomic E-state index is 10.2. The Bertz CT molecular complexity index is 328. The van der Waals surface area contributed by atoms with Gasteiger partial charge < -0.3 is 5.11 Å². The van der Waals surface area contributed by atoms with Crippen LogP contribution in [0, 0.1) is 17.8 Å². The van der Waals surface area contributed by atoms with Crippen LogP contribution in [0.4, 0.5) is 0 Å². The van der Waals surface area contributed by atoms with E-state index >= 15 is 0 Å². The SMILES string of the molecule is CC1CCC(C(O)c2cnccn2)CC1C. The lowest BCUT2D eigenvalue weighted by Crippen LogP contribution is -2.25. The third-order valence-electron chi connectivity index (χ3n) is 3.97. The summed E-state index contributed by atoms with van der Waals surface area (Å²) in [5, 5.41) is 10.2. The second-order valence-corrected chi connectivity index (χ2v) is 5.10. The summed E-state index contributed by atoms with van der Waals surface area (Å²) < 4.78 is 0. The van der Waals surface area contributed by atoms with Gasteiger partial charge in [0.15, 0.2) is 0 Å². The van der Waals surface area contributed by atoms with E-state index < -0.39 is 6.10 Å². The van der Waals surface area contributed by atoms with E-state index in [1.54, 1.807) is 18.6 Å². The minimum absolute atomic E-state index is 0.350. The van der Waals surface area contributed by atoms with Crippen molar-refractivity contribution in [3.05, 3.63) is 24.3 Å². The second kappa shape index (κ2) is 4.91. The Hall–Kier alpha value is -0.960. The predicted octanol–water partition coefficient (Wildman–Crippen LogP) is 2.58. The van der Waals surface area contributed by atoms with Gasteiger partial charge in [-0.2, -0.15) is 0 Å². The molecule has 4 atom stereocenters. The van der Waals surface area contributed by atoms with E-state index in [0.717, 1.165) is 18.8 Å². The molecule has 1 aromatic heterocycles. The van der Waals surface area contributed by atoms with Gasteiger partial charge in [0.2, 0.25) is 0 Å². The van der Waals surface area contributed by atoms with Crippen LogP contribution in [0.2, 0.25) is 0 Å². The molecule has 0 bridgehead atoms. The molecule has 3 heteroatoms. The average molecular weight is 220 g/mol. The van der Waals surface area contributed by atoms with Crippen LogP contribution in [0.3, 0.4) is 0 Å². The van der Waals surface area contributed by atoms with E-state index in [4.69, 9.17) is 0 Å². The Morgan fingerprint density at radius 2 is 2.06 bits per heavy atom. The first-order chi connectivity index (χ1) is 7.68. The molecule has 1 aliphatic carbocycles. The number of aliphatic hydroxyl groups excluding tert-OH is 1. The first-order valence-corrected chi connectivity index (χ1v) is 6.12. The van der Waals surface area contributed by atoms with Crippen LogP contribution >= 0.6 is 0 Å². The lowest BCUT2D eigenvalue weighted by Gasteiger charge is -2.34. The van der Waals surface area contributed by atoms with Gasteiger partial charge in [-0.3, -0.25) is 9.97 Å². The van der Waals surface area contributed by atoms with Crippen LogP contribution in [-0.2, 0) is 0 Å². The monoisotopic (exact) mass is 220 g/mol. The molecule has 1 saturated carbocycles. The summed E-state index contributed by atoms with van der Waals surface area (Å²) in [6.07, 6.45) is 7.93. The molecular weight excluding hydrogens is 200 g/mol. The fraction of sp³-hybridized carbons (Fsp3) is 0.692. The van der Waals surface area contributed by atoms with Crippen LogP contribution in [0.5, 0.6) is 0 Å². The molecule has 0 spiro atoms. The summed E-state index contributed by atoms with van der Waals surface area (Å²) in [5.74, 6) is 1.83. The number of hydrogen-bond donors (Lipinski definition) is 1. The molecule has 0 radical (unpaired) electrons. The number of rotatable bonds is 2. The van der Waals surface area contributed by atoms with Crippen molar-refractivity contribution >= 4 is 0 Å². The van der Waals surface area contributed by atoms with Crippen molar-refractivity contribution in [1.82, 2.24) is 9.97 Å². The van der Waals surface area contributed by atoms with Gasteiger partial charge >= 0.3 is 0 Å². The summed E-state index contributed by atoms with van der Waals surface area (Å²) in [7, 11) is 0. The molecule has 1 N–H and O–H groups in total. The third-order valence-corrected chi connectivity index (χ3v) is 3.97. The lowest BCUT2D eigenvalue weighted by molar-refractivity contribution is 0.0529. The zero-order chi connectivity index (χ0) is 11.5. The highest BCUT2D eigenvalue weighted by Crippen LogP contribution is 2.39. The van der Waals surface area contributed by atoms with Crippen LogP contribution in [0.15, 0.2) is 18.6 Å². The highest BCUT2D eigenvalue weighted by atomic mass is 16.3. The van der Waals surface area contributed by atoms with E-state index in [1.165, 1.54) is 6.42 Å². The topological polar surface area (TPSA) is 46.0 Å². The molecule has 0 aliphatic heterocycles. The highest BCUT2D eigenvalue weighted by molar-refractivity contribution is 5.01. The largest absolute Gasteiger partial charge is 0.386 e. The number of aliphatic hydroxyl groups is 1. The molecule has 3 nitrogen and oxygen atoms in total. The van der Waals surface area contributed by atoms with Crippen molar-refractivity contribution in [3.63, 3.8) is 0 Å². The van der Waals surface area contributed by atoms with Crippen LogP contribution in [-0.4, -0.2) is 15.1 Å². The molecular formula is C13H20N2O. The van der Waals surface area contributed by atoms with Crippen LogP contribution < -0.4 is 0 Å². The Morgan fingerprint density at radius 3 is 2.69 bits per heavy atom. The normalized spacial score (nSPS) is 32.3. The number of nitrogens with zero attached hydrogens (tertiary/aromatic N) is 2. The van der Waals surface area contributed by atoms with E-state index in [9.17, 15) is 5.11 Å². The zero-order valence-electron chi connectivity index (χ0n) is 10.0. The van der Waals surface area contributed by atoms with Gasteiger partial charge in [-0.1, -0.05) is 20.3 Å². The molecule has 2 rings (SSSR count). The average Bonchev–Trinajstić information content (AvgIpc) is 2.33. The van der Waals surface area contributed by atoms with Crippen molar-refractivity contribution < 1.29 is 5.11 Å². The molecule has 16 heavy (non-hydrogen) atoms. The predicted molar refractivity (Wildman–Crippen MR) is 62.7 cm³/mol. The molecule has 88 valence electrons. The van der Waals surface area contributed by atoms with Crippen LogP contribution in [0.1, 0.15) is 44.9 Å². The van der Waals surface area contributed by atoms with Crippen molar-refractivity contribution in [2.24, 2.45) is 17.8 Å². The van der Waals surface area contributed by atoms with E-state index in [2.05, 4.69) is 23.8 Å². The maximum absolute atomic E-state index is 10.2. The third kappa shape index (κ3) is 2.40. The summed E-state index contributed by atoms with van der Waals surface area (Å²) in [4.78, 5) is 8.20. The van der Waals surface area contributed by atoms with Gasteiger partial charge in [-0.05, 0) is 30.6 Å². The Labute approximate surface area is 96.9 Å². The van der Waals surface area contributed by atoms with Gasteiger partial charge in [0.05, 0.1) is 11.9 Å². The first kappa shape index (κ1) is 11.5. The van der Waals surface area contributed by atoms with Crippen molar-refractivity contribution in [1.29, 1.82) is 0 Å². The van der Waals surface area contributed by atoms with Crippen molar-refractivity contribution in [2.75, 3.05) is 0 Å². The quantitative estimate of drug-likeness (QED) is 0.833. The molecule has 1 heterocycles. The Kier molecular flexibility index (Phi) is 3.54. The fourth-order valence-electron chi connectivity index (χ4n) is 2.58. The molecule has 1 aliphatic rings. The van der Waals surface area contributed by atoms with Gasteiger partial charge in [0.25, 0.3) is 0 Å². The molecule has 1 fully saturated rings. The van der Waals surface area contributed by atoms with Gasteiger partial charge in [0, 0.05) is 12.4 Å². The Balaban J connectivity index is 2.03. The number of aromatic nitrogens is 2. The van der Waals surface area contributed by atoms with Crippen molar-refractivity contribution in [3.8, 4) is 0 Å².